The molecule has 8 heteroatoms. The molecular weight excluding hydrogens is 292 g/mol. The number of nitrogens with zero attached hydrogens (tertiary/aromatic N) is 3. The van der Waals surface area contributed by atoms with E-state index in [-0.39, 0.29) is 11.0 Å². The Morgan fingerprint density at radius 3 is 2.95 bits per heavy atom. The number of piperidine rings is 1. The van der Waals surface area contributed by atoms with Crippen LogP contribution < -0.4 is 5.32 Å². The number of aromatic nitrogens is 2. The summed E-state index contributed by atoms with van der Waals surface area (Å²) in [5, 5.41) is 7.12. The van der Waals surface area contributed by atoms with E-state index in [4.69, 9.17) is 4.74 Å². The number of hydrogen-bond acceptors (Lipinski definition) is 5. The highest BCUT2D eigenvalue weighted by Gasteiger charge is 2.34. The van der Waals surface area contributed by atoms with Crippen LogP contribution in [0.2, 0.25) is 0 Å². The van der Waals surface area contributed by atoms with Gasteiger partial charge >= 0.3 is 0 Å². The van der Waals surface area contributed by atoms with Crippen molar-refractivity contribution < 1.29 is 13.2 Å². The van der Waals surface area contributed by atoms with E-state index in [1.165, 1.54) is 10.5 Å². The second-order valence-corrected chi connectivity index (χ2v) is 7.38. The van der Waals surface area contributed by atoms with Crippen LogP contribution in [0.15, 0.2) is 17.3 Å². The van der Waals surface area contributed by atoms with Gasteiger partial charge in [-0.25, -0.2) is 8.42 Å². The van der Waals surface area contributed by atoms with Crippen molar-refractivity contribution in [1.29, 1.82) is 0 Å². The lowest BCUT2D eigenvalue weighted by molar-refractivity contribution is 0.0184. The van der Waals surface area contributed by atoms with Gasteiger partial charge in [-0.1, -0.05) is 6.92 Å². The summed E-state index contributed by atoms with van der Waals surface area (Å²) in [6, 6.07) is 0. The van der Waals surface area contributed by atoms with Gasteiger partial charge in [0.2, 0.25) is 10.0 Å². The van der Waals surface area contributed by atoms with Gasteiger partial charge in [0.15, 0.2) is 0 Å². The van der Waals surface area contributed by atoms with Crippen molar-refractivity contribution in [2.45, 2.75) is 30.9 Å². The lowest BCUT2D eigenvalue weighted by atomic mass is 9.97. The van der Waals surface area contributed by atoms with Crippen LogP contribution in [-0.4, -0.2) is 62.4 Å². The first-order valence-corrected chi connectivity index (χ1v) is 8.63. The van der Waals surface area contributed by atoms with E-state index in [1.54, 1.807) is 18.0 Å². The highest BCUT2D eigenvalue weighted by atomic mass is 32.2. The molecule has 0 aliphatic carbocycles. The molecule has 0 saturated carbocycles. The average molecular weight is 316 g/mol. The second-order valence-electron chi connectivity index (χ2n) is 5.45. The van der Waals surface area contributed by atoms with Gasteiger partial charge in [-0.3, -0.25) is 4.68 Å². The maximum atomic E-state index is 12.6. The summed E-state index contributed by atoms with van der Waals surface area (Å²) in [5.74, 6) is 0.375. The Hall–Kier alpha value is -0.960. The van der Waals surface area contributed by atoms with Crippen LogP contribution in [0.3, 0.4) is 0 Å². The van der Waals surface area contributed by atoms with Crippen LogP contribution in [0.5, 0.6) is 0 Å². The molecule has 2 atom stereocenters. The number of sulfonamides is 1. The summed E-state index contributed by atoms with van der Waals surface area (Å²) < 4.78 is 33.8. The molecule has 1 saturated heterocycles. The molecule has 21 heavy (non-hydrogen) atoms. The minimum atomic E-state index is -3.48. The highest BCUT2D eigenvalue weighted by Crippen LogP contribution is 2.24. The van der Waals surface area contributed by atoms with Crippen molar-refractivity contribution >= 4 is 10.0 Å². The molecule has 0 amide bonds. The molecule has 2 heterocycles. The van der Waals surface area contributed by atoms with Gasteiger partial charge in [0.25, 0.3) is 0 Å². The van der Waals surface area contributed by atoms with Gasteiger partial charge in [0, 0.05) is 32.9 Å². The number of hydrogen-bond donors (Lipinski definition) is 1. The van der Waals surface area contributed by atoms with Crippen LogP contribution in [0.1, 0.15) is 13.3 Å². The van der Waals surface area contributed by atoms with Crippen molar-refractivity contribution in [3.8, 4) is 0 Å². The van der Waals surface area contributed by atoms with Gasteiger partial charge in [-0.15, -0.1) is 0 Å². The van der Waals surface area contributed by atoms with Gasteiger partial charge in [0.1, 0.15) is 4.90 Å². The quantitative estimate of drug-likeness (QED) is 0.808. The summed E-state index contributed by atoms with van der Waals surface area (Å²) in [6.07, 6.45) is 3.77. The molecule has 1 aliphatic heterocycles. The molecule has 0 bridgehead atoms. The van der Waals surface area contributed by atoms with Crippen LogP contribution in [0.4, 0.5) is 0 Å². The topological polar surface area (TPSA) is 76.5 Å². The highest BCUT2D eigenvalue weighted by molar-refractivity contribution is 7.89. The first kappa shape index (κ1) is 16.4. The molecular formula is C13H24N4O3S. The zero-order valence-electron chi connectivity index (χ0n) is 12.8. The molecule has 1 aliphatic rings. The fourth-order valence-corrected chi connectivity index (χ4v) is 3.93. The normalized spacial score (nSPS) is 24.3. The third kappa shape index (κ3) is 3.63. The molecule has 0 aromatic carbocycles. The first-order valence-electron chi connectivity index (χ1n) is 7.19. The molecule has 7 nitrogen and oxygen atoms in total. The summed E-state index contributed by atoms with van der Waals surface area (Å²) in [5.41, 5.74) is 0. The predicted octanol–water partition coefficient (Wildman–Crippen LogP) is 0.148. The fraction of sp³-hybridized carbons (Fsp3) is 0.769. The average Bonchev–Trinajstić information content (AvgIpc) is 2.95. The number of methoxy groups -OCH3 is 1. The lowest BCUT2D eigenvalue weighted by Crippen LogP contribution is -2.46. The van der Waals surface area contributed by atoms with E-state index in [9.17, 15) is 8.42 Å². The summed E-state index contributed by atoms with van der Waals surface area (Å²) >= 11 is 0. The third-order valence-electron chi connectivity index (χ3n) is 3.99. The van der Waals surface area contributed by atoms with Crippen molar-refractivity contribution in [3.05, 3.63) is 12.4 Å². The Labute approximate surface area is 126 Å². The van der Waals surface area contributed by atoms with E-state index in [0.29, 0.717) is 25.6 Å². The van der Waals surface area contributed by atoms with Gasteiger partial charge in [-0.2, -0.15) is 9.40 Å². The number of ether oxygens (including phenoxy) is 1. The number of rotatable bonds is 6. The second kappa shape index (κ2) is 6.87. The maximum Gasteiger partial charge on any atom is 0.246 e. The van der Waals surface area contributed by atoms with Gasteiger partial charge in [-0.05, 0) is 19.4 Å². The van der Waals surface area contributed by atoms with Crippen molar-refractivity contribution in [3.63, 3.8) is 0 Å². The van der Waals surface area contributed by atoms with Crippen LogP contribution >= 0.6 is 0 Å². The minimum Gasteiger partial charge on any atom is -0.380 e. The van der Waals surface area contributed by atoms with Gasteiger partial charge < -0.3 is 10.1 Å². The molecule has 2 rings (SSSR count). The number of likely N-dealkylation sites (N-methyl/N-ethyl adjacent to an activating group) is 1. The van der Waals surface area contributed by atoms with Crippen molar-refractivity contribution in [1.82, 2.24) is 19.4 Å². The van der Waals surface area contributed by atoms with E-state index < -0.39 is 10.0 Å². The van der Waals surface area contributed by atoms with Crippen molar-refractivity contribution in [2.24, 2.45) is 5.92 Å². The summed E-state index contributed by atoms with van der Waals surface area (Å²) in [4.78, 5) is 0.253. The van der Waals surface area contributed by atoms with E-state index in [0.717, 1.165) is 13.0 Å². The third-order valence-corrected chi connectivity index (χ3v) is 5.81. The SMILES string of the molecule is CNCCn1cc(S(=O)(=O)N2CCC(C)C(OC)C2)cn1. The minimum absolute atomic E-state index is 0.0483. The smallest absolute Gasteiger partial charge is 0.246 e. The molecule has 1 aromatic heterocycles. The summed E-state index contributed by atoms with van der Waals surface area (Å²) in [7, 11) is -0.00292. The Balaban J connectivity index is 2.12. The van der Waals surface area contributed by atoms with Crippen molar-refractivity contribution in [2.75, 3.05) is 33.8 Å². The maximum absolute atomic E-state index is 12.6. The molecule has 120 valence electrons. The Morgan fingerprint density at radius 1 is 1.52 bits per heavy atom. The van der Waals surface area contributed by atoms with E-state index in [2.05, 4.69) is 17.3 Å². The lowest BCUT2D eigenvalue weighted by Gasteiger charge is -2.35. The first-order chi connectivity index (χ1) is 9.98. The standard InChI is InChI=1S/C13H24N4O3S/c1-11-4-6-17(10-13(11)20-3)21(18,19)12-8-15-16(9-12)7-5-14-2/h8-9,11,13-14H,4-7,10H2,1-3H3. The zero-order valence-corrected chi connectivity index (χ0v) is 13.6. The Bertz CT molecular complexity index is 558. The fourth-order valence-electron chi connectivity index (χ4n) is 2.51. The van der Waals surface area contributed by atoms with Crippen LogP contribution in [-0.2, 0) is 21.3 Å². The molecule has 2 unspecified atom stereocenters. The molecule has 1 aromatic rings. The van der Waals surface area contributed by atoms with Crippen LogP contribution in [0.25, 0.3) is 0 Å². The molecule has 1 N–H and O–H groups in total. The Morgan fingerprint density at radius 2 is 2.29 bits per heavy atom. The zero-order chi connectivity index (χ0) is 15.5. The predicted molar refractivity (Wildman–Crippen MR) is 79.5 cm³/mol. The number of nitrogens with one attached hydrogen (secondary N) is 1. The molecule has 0 radical (unpaired) electrons. The Kier molecular flexibility index (Phi) is 5.37. The largest absolute Gasteiger partial charge is 0.380 e. The summed E-state index contributed by atoms with van der Waals surface area (Å²) in [6.45, 7) is 4.42. The molecule has 1 fully saturated rings. The van der Waals surface area contributed by atoms with Crippen LogP contribution in [0, 0.1) is 5.92 Å². The van der Waals surface area contributed by atoms with E-state index in [1.807, 2.05) is 7.05 Å². The molecule has 0 spiro atoms. The monoisotopic (exact) mass is 316 g/mol. The van der Waals surface area contributed by atoms with E-state index >= 15 is 0 Å². The van der Waals surface area contributed by atoms with Gasteiger partial charge in [0.05, 0.1) is 18.8 Å².